The molecule has 1 aliphatic heterocycles. The third-order valence-corrected chi connectivity index (χ3v) is 4.27. The first-order valence-corrected chi connectivity index (χ1v) is 9.11. The van der Waals surface area contributed by atoms with Crippen molar-refractivity contribution < 1.29 is 4.79 Å². The van der Waals surface area contributed by atoms with Crippen LogP contribution in [-0.4, -0.2) is 49.5 Å². The summed E-state index contributed by atoms with van der Waals surface area (Å²) in [6.07, 6.45) is 3.63. The minimum atomic E-state index is 0.216. The fourth-order valence-corrected chi connectivity index (χ4v) is 2.83. The van der Waals surface area contributed by atoms with Crippen molar-refractivity contribution in [1.29, 1.82) is 0 Å². The van der Waals surface area contributed by atoms with Gasteiger partial charge >= 0.3 is 0 Å². The van der Waals surface area contributed by atoms with Crippen molar-refractivity contribution in [3.63, 3.8) is 0 Å². The van der Waals surface area contributed by atoms with Gasteiger partial charge in [-0.15, -0.1) is 0 Å². The molecule has 132 valence electrons. The van der Waals surface area contributed by atoms with Crippen LogP contribution in [0.2, 0.25) is 5.02 Å². The number of likely N-dealkylation sites (tertiary alicyclic amines) is 1. The van der Waals surface area contributed by atoms with Crippen LogP contribution in [0.5, 0.6) is 0 Å². The lowest BCUT2D eigenvalue weighted by Gasteiger charge is -2.15. The molecule has 24 heavy (non-hydrogen) atoms. The Morgan fingerprint density at radius 1 is 1.21 bits per heavy atom. The lowest BCUT2D eigenvalue weighted by molar-refractivity contribution is -0.129. The van der Waals surface area contributed by atoms with Crippen LogP contribution >= 0.6 is 11.6 Å². The van der Waals surface area contributed by atoms with Crippen molar-refractivity contribution in [2.45, 2.75) is 32.6 Å². The summed E-state index contributed by atoms with van der Waals surface area (Å²) in [5, 5.41) is 7.28. The van der Waals surface area contributed by atoms with Crippen molar-refractivity contribution in [3.05, 3.63) is 34.9 Å². The molecule has 0 atom stereocenters. The summed E-state index contributed by atoms with van der Waals surface area (Å²) in [6.45, 7) is 5.95. The van der Waals surface area contributed by atoms with Crippen LogP contribution in [0.15, 0.2) is 29.3 Å². The lowest BCUT2D eigenvalue weighted by Crippen LogP contribution is -2.38. The van der Waals surface area contributed by atoms with Crippen LogP contribution in [0.1, 0.15) is 31.7 Å². The zero-order chi connectivity index (χ0) is 17.2. The molecule has 1 aliphatic rings. The van der Waals surface area contributed by atoms with Crippen molar-refractivity contribution in [3.8, 4) is 0 Å². The Hall–Kier alpha value is -1.75. The molecular weight excluding hydrogens is 324 g/mol. The van der Waals surface area contributed by atoms with Crippen LogP contribution in [0.3, 0.4) is 0 Å². The highest BCUT2D eigenvalue weighted by Gasteiger charge is 2.16. The van der Waals surface area contributed by atoms with E-state index in [-0.39, 0.29) is 5.91 Å². The maximum Gasteiger partial charge on any atom is 0.224 e. The summed E-state index contributed by atoms with van der Waals surface area (Å²) in [7, 11) is 0. The van der Waals surface area contributed by atoms with Gasteiger partial charge in [0, 0.05) is 37.6 Å². The summed E-state index contributed by atoms with van der Waals surface area (Å²) in [5.41, 5.74) is 1.23. The minimum absolute atomic E-state index is 0.216. The number of benzene rings is 1. The Labute approximate surface area is 149 Å². The molecule has 2 N–H and O–H groups in total. The molecule has 0 spiro atoms. The monoisotopic (exact) mass is 350 g/mol. The quantitative estimate of drug-likeness (QED) is 0.586. The van der Waals surface area contributed by atoms with Gasteiger partial charge in [-0.3, -0.25) is 9.79 Å². The van der Waals surface area contributed by atoms with Gasteiger partial charge in [0.25, 0.3) is 0 Å². The van der Waals surface area contributed by atoms with Crippen LogP contribution < -0.4 is 10.6 Å². The van der Waals surface area contributed by atoms with E-state index < -0.39 is 0 Å². The molecule has 0 bridgehead atoms. The highest BCUT2D eigenvalue weighted by Crippen LogP contribution is 2.10. The number of carbonyl (C=O) groups is 1. The predicted molar refractivity (Wildman–Crippen MR) is 99.6 cm³/mol. The Kier molecular flexibility index (Phi) is 7.89. The standard InChI is InChI=1S/C18H27ClN4O/c1-2-20-18(21-11-9-15-5-7-16(19)8-6-15)22-12-10-17(24)23-13-3-4-14-23/h5-8H,2-4,9-14H2,1H3,(H2,20,21,22). The van der Waals surface area contributed by atoms with Gasteiger partial charge in [0.1, 0.15) is 0 Å². The summed E-state index contributed by atoms with van der Waals surface area (Å²) in [5.74, 6) is 0.981. The van der Waals surface area contributed by atoms with Crippen LogP contribution in [0.4, 0.5) is 0 Å². The highest BCUT2D eigenvalue weighted by molar-refractivity contribution is 6.30. The largest absolute Gasteiger partial charge is 0.357 e. The molecule has 5 nitrogen and oxygen atoms in total. The van der Waals surface area contributed by atoms with Gasteiger partial charge in [-0.25, -0.2) is 0 Å². The highest BCUT2D eigenvalue weighted by atomic mass is 35.5. The fraction of sp³-hybridized carbons (Fsp3) is 0.556. The smallest absolute Gasteiger partial charge is 0.224 e. The number of amides is 1. The Morgan fingerprint density at radius 3 is 2.58 bits per heavy atom. The second-order valence-electron chi connectivity index (χ2n) is 5.90. The van der Waals surface area contributed by atoms with Crippen molar-refractivity contribution in [2.24, 2.45) is 4.99 Å². The maximum absolute atomic E-state index is 12.0. The van der Waals surface area contributed by atoms with Crippen molar-refractivity contribution in [2.75, 3.05) is 32.7 Å². The van der Waals surface area contributed by atoms with E-state index in [9.17, 15) is 4.79 Å². The summed E-state index contributed by atoms with van der Waals surface area (Å²) in [4.78, 5) is 18.5. The first kappa shape index (κ1) is 18.6. The maximum atomic E-state index is 12.0. The Morgan fingerprint density at radius 2 is 1.92 bits per heavy atom. The van der Waals surface area contributed by atoms with E-state index in [2.05, 4.69) is 15.6 Å². The number of aliphatic imine (C=N–C) groups is 1. The first-order chi connectivity index (χ1) is 11.7. The molecule has 0 aliphatic carbocycles. The van der Waals surface area contributed by atoms with Crippen molar-refractivity contribution >= 4 is 23.5 Å². The van der Waals surface area contributed by atoms with Gasteiger partial charge in [0.15, 0.2) is 5.96 Å². The number of carbonyl (C=O) groups excluding carboxylic acids is 1. The second kappa shape index (κ2) is 10.2. The second-order valence-corrected chi connectivity index (χ2v) is 6.34. The van der Waals surface area contributed by atoms with Crippen molar-refractivity contribution in [1.82, 2.24) is 15.5 Å². The van der Waals surface area contributed by atoms with E-state index in [1.807, 2.05) is 36.1 Å². The fourth-order valence-electron chi connectivity index (χ4n) is 2.71. The van der Waals surface area contributed by atoms with Gasteiger partial charge in [-0.1, -0.05) is 23.7 Å². The number of rotatable bonds is 7. The first-order valence-electron chi connectivity index (χ1n) is 8.73. The number of guanidine groups is 1. The Balaban J connectivity index is 1.73. The van der Waals surface area contributed by atoms with E-state index in [0.29, 0.717) is 13.0 Å². The number of nitrogens with zero attached hydrogens (tertiary/aromatic N) is 2. The normalized spacial score (nSPS) is 14.8. The molecule has 1 aromatic carbocycles. The van der Waals surface area contributed by atoms with Gasteiger partial charge in [0.2, 0.25) is 5.91 Å². The Bertz CT molecular complexity index is 538. The average Bonchev–Trinajstić information content (AvgIpc) is 3.11. The number of halogens is 1. The summed E-state index contributed by atoms with van der Waals surface area (Å²) in [6, 6.07) is 7.87. The summed E-state index contributed by atoms with van der Waals surface area (Å²) < 4.78 is 0. The van der Waals surface area contributed by atoms with Crippen LogP contribution in [-0.2, 0) is 11.2 Å². The van der Waals surface area contributed by atoms with Crippen LogP contribution in [0, 0.1) is 0 Å². The molecule has 0 unspecified atom stereocenters. The minimum Gasteiger partial charge on any atom is -0.357 e. The van der Waals surface area contributed by atoms with Gasteiger partial charge in [-0.05, 0) is 43.9 Å². The molecular formula is C18H27ClN4O. The molecule has 1 saturated heterocycles. The molecule has 2 rings (SSSR count). The van der Waals surface area contributed by atoms with E-state index in [1.165, 1.54) is 5.56 Å². The number of nitrogens with one attached hydrogen (secondary N) is 2. The van der Waals surface area contributed by atoms with E-state index >= 15 is 0 Å². The molecule has 0 saturated carbocycles. The molecule has 0 aromatic heterocycles. The zero-order valence-corrected chi connectivity index (χ0v) is 15.1. The molecule has 0 radical (unpaired) electrons. The van der Waals surface area contributed by atoms with E-state index in [4.69, 9.17) is 11.6 Å². The molecule has 1 fully saturated rings. The third-order valence-electron chi connectivity index (χ3n) is 4.02. The predicted octanol–water partition coefficient (Wildman–Crippen LogP) is 2.45. The number of hydrogen-bond acceptors (Lipinski definition) is 2. The SMILES string of the molecule is CCNC(=NCCC(=O)N1CCCC1)NCCc1ccc(Cl)cc1. The molecule has 1 aromatic rings. The molecule has 1 heterocycles. The topological polar surface area (TPSA) is 56.7 Å². The average molecular weight is 351 g/mol. The third kappa shape index (κ3) is 6.40. The van der Waals surface area contributed by atoms with E-state index in [1.54, 1.807) is 0 Å². The van der Waals surface area contributed by atoms with Gasteiger partial charge in [-0.2, -0.15) is 0 Å². The lowest BCUT2D eigenvalue weighted by atomic mass is 10.1. The number of hydrogen-bond donors (Lipinski definition) is 2. The molecule has 1 amide bonds. The zero-order valence-electron chi connectivity index (χ0n) is 14.4. The molecule has 6 heteroatoms. The summed E-state index contributed by atoms with van der Waals surface area (Å²) >= 11 is 5.89. The van der Waals surface area contributed by atoms with Gasteiger partial charge in [0.05, 0.1) is 6.54 Å². The van der Waals surface area contributed by atoms with Crippen LogP contribution in [0.25, 0.3) is 0 Å². The van der Waals surface area contributed by atoms with E-state index in [0.717, 1.165) is 56.4 Å². The van der Waals surface area contributed by atoms with Gasteiger partial charge < -0.3 is 15.5 Å².